The van der Waals surface area contributed by atoms with Crippen molar-refractivity contribution in [2.75, 3.05) is 7.11 Å². The molecule has 1 atom stereocenters. The van der Waals surface area contributed by atoms with Gasteiger partial charge in [-0.15, -0.1) is 11.8 Å². The smallest absolute Gasteiger partial charge is 0.161 e. The van der Waals surface area contributed by atoms with Crippen molar-refractivity contribution >= 4 is 29.3 Å². The second-order valence-corrected chi connectivity index (χ2v) is 6.65. The summed E-state index contributed by atoms with van der Waals surface area (Å²) in [7, 11) is 1.65. The van der Waals surface area contributed by atoms with Crippen LogP contribution in [0, 0.1) is 0 Å². The highest BCUT2D eigenvalue weighted by Gasteiger charge is 2.26. The molecule has 1 unspecified atom stereocenters. The van der Waals surface area contributed by atoms with Crippen molar-refractivity contribution < 1.29 is 9.53 Å². The first-order chi connectivity index (χ1) is 9.15. The number of benzene rings is 1. The molecule has 0 bridgehead atoms. The molecular weight excluding hydrogens is 276 g/mol. The maximum absolute atomic E-state index is 12.0. The van der Waals surface area contributed by atoms with E-state index in [9.17, 15) is 4.79 Å². The monoisotopic (exact) mass is 292 g/mol. The van der Waals surface area contributed by atoms with Gasteiger partial charge in [0, 0.05) is 17.2 Å². The van der Waals surface area contributed by atoms with E-state index in [0.717, 1.165) is 21.1 Å². The fraction of sp³-hybridized carbons (Fsp3) is 0.267. The third-order valence-corrected chi connectivity index (χ3v) is 5.53. The van der Waals surface area contributed by atoms with Crippen LogP contribution in [0.15, 0.2) is 46.1 Å². The van der Waals surface area contributed by atoms with E-state index in [-0.39, 0.29) is 11.0 Å². The number of ketones is 1. The molecule has 1 heterocycles. The second kappa shape index (κ2) is 6.35. The molecule has 0 saturated carbocycles. The van der Waals surface area contributed by atoms with Gasteiger partial charge in [0.15, 0.2) is 5.78 Å². The molecule has 1 aliphatic heterocycles. The van der Waals surface area contributed by atoms with E-state index in [1.165, 1.54) is 11.8 Å². The molecule has 1 aliphatic rings. The Morgan fingerprint density at radius 3 is 2.68 bits per heavy atom. The number of ether oxygens (including phenoxy) is 1. The third-order valence-electron chi connectivity index (χ3n) is 3.02. The summed E-state index contributed by atoms with van der Waals surface area (Å²) in [6.07, 6.45) is 0.560. The van der Waals surface area contributed by atoms with E-state index in [4.69, 9.17) is 4.74 Å². The zero-order chi connectivity index (χ0) is 13.8. The number of carbonyl (C=O) groups excluding carboxylic acids is 1. The lowest BCUT2D eigenvalue weighted by Gasteiger charge is -2.23. The molecule has 1 aromatic rings. The predicted octanol–water partition coefficient (Wildman–Crippen LogP) is 4.55. The molecule has 1 aromatic carbocycles. The molecule has 4 heteroatoms. The van der Waals surface area contributed by atoms with Crippen molar-refractivity contribution in [2.24, 2.45) is 0 Å². The second-order valence-electron chi connectivity index (χ2n) is 4.20. The van der Waals surface area contributed by atoms with Crippen molar-refractivity contribution in [3.8, 4) is 5.75 Å². The Bertz CT molecular complexity index is 517. The number of hydrogen-bond acceptors (Lipinski definition) is 4. The average molecular weight is 292 g/mol. The van der Waals surface area contributed by atoms with E-state index < -0.39 is 0 Å². The number of thioether (sulfide) groups is 2. The van der Waals surface area contributed by atoms with Gasteiger partial charge in [-0.25, -0.2) is 0 Å². The first-order valence-corrected chi connectivity index (χ1v) is 7.74. The number of methoxy groups -OCH3 is 1. The SMILES string of the molecule is C=CSC1=C(C)C(=O)CC(c2ccc(OC)cc2)S1. The summed E-state index contributed by atoms with van der Waals surface area (Å²) in [5.41, 5.74) is 2.02. The van der Waals surface area contributed by atoms with E-state index in [0.29, 0.717) is 6.42 Å². The summed E-state index contributed by atoms with van der Waals surface area (Å²) >= 11 is 3.28. The van der Waals surface area contributed by atoms with E-state index >= 15 is 0 Å². The molecule has 19 heavy (non-hydrogen) atoms. The average Bonchev–Trinajstić information content (AvgIpc) is 2.44. The molecule has 0 aliphatic carbocycles. The van der Waals surface area contributed by atoms with Gasteiger partial charge in [0.1, 0.15) is 5.75 Å². The first kappa shape index (κ1) is 14.3. The Morgan fingerprint density at radius 1 is 1.42 bits per heavy atom. The van der Waals surface area contributed by atoms with Crippen LogP contribution < -0.4 is 4.74 Å². The lowest BCUT2D eigenvalue weighted by molar-refractivity contribution is -0.115. The molecule has 0 radical (unpaired) electrons. The van der Waals surface area contributed by atoms with Gasteiger partial charge in [-0.1, -0.05) is 30.5 Å². The highest BCUT2D eigenvalue weighted by Crippen LogP contribution is 2.48. The first-order valence-electron chi connectivity index (χ1n) is 5.98. The molecule has 0 N–H and O–H groups in total. The van der Waals surface area contributed by atoms with Crippen LogP contribution in [0.1, 0.15) is 24.2 Å². The van der Waals surface area contributed by atoms with Crippen LogP contribution in [-0.2, 0) is 4.79 Å². The van der Waals surface area contributed by atoms with Gasteiger partial charge >= 0.3 is 0 Å². The highest BCUT2D eigenvalue weighted by atomic mass is 32.2. The number of Topliss-reactive ketones (excluding diaryl/α,β-unsaturated/α-hetero) is 1. The van der Waals surface area contributed by atoms with Gasteiger partial charge in [0.05, 0.1) is 11.3 Å². The molecule has 2 rings (SSSR count). The van der Waals surface area contributed by atoms with Crippen LogP contribution in [0.5, 0.6) is 5.75 Å². The highest BCUT2D eigenvalue weighted by molar-refractivity contribution is 8.23. The van der Waals surface area contributed by atoms with Crippen LogP contribution in [0.2, 0.25) is 0 Å². The maximum Gasteiger partial charge on any atom is 0.161 e. The lowest BCUT2D eigenvalue weighted by atomic mass is 10.0. The van der Waals surface area contributed by atoms with Crippen LogP contribution in [0.3, 0.4) is 0 Å². The zero-order valence-electron chi connectivity index (χ0n) is 11.0. The number of hydrogen-bond donors (Lipinski definition) is 0. The minimum Gasteiger partial charge on any atom is -0.497 e. The van der Waals surface area contributed by atoms with E-state index in [1.807, 2.05) is 31.2 Å². The van der Waals surface area contributed by atoms with Crippen LogP contribution in [0.25, 0.3) is 0 Å². The van der Waals surface area contributed by atoms with Crippen LogP contribution >= 0.6 is 23.5 Å². The summed E-state index contributed by atoms with van der Waals surface area (Å²) in [5.74, 6) is 1.06. The summed E-state index contributed by atoms with van der Waals surface area (Å²) in [6.45, 7) is 5.62. The molecule has 100 valence electrons. The van der Waals surface area contributed by atoms with Gasteiger partial charge in [0.2, 0.25) is 0 Å². The van der Waals surface area contributed by atoms with Gasteiger partial charge in [0.25, 0.3) is 0 Å². The van der Waals surface area contributed by atoms with E-state index in [1.54, 1.807) is 24.3 Å². The fourth-order valence-corrected chi connectivity index (χ4v) is 4.18. The molecule has 2 nitrogen and oxygen atoms in total. The van der Waals surface area contributed by atoms with Gasteiger partial charge < -0.3 is 4.74 Å². The quantitative estimate of drug-likeness (QED) is 0.813. The maximum atomic E-state index is 12.0. The molecule has 0 amide bonds. The minimum atomic E-state index is 0.185. The van der Waals surface area contributed by atoms with Crippen molar-refractivity contribution in [1.29, 1.82) is 0 Å². The Labute approximate surface area is 122 Å². The number of carbonyl (C=O) groups is 1. The largest absolute Gasteiger partial charge is 0.497 e. The van der Waals surface area contributed by atoms with Crippen LogP contribution in [0.4, 0.5) is 0 Å². The minimum absolute atomic E-state index is 0.185. The van der Waals surface area contributed by atoms with Crippen LogP contribution in [-0.4, -0.2) is 12.9 Å². The Morgan fingerprint density at radius 2 is 2.11 bits per heavy atom. The number of allylic oxidation sites excluding steroid dienone is 1. The van der Waals surface area contributed by atoms with Gasteiger partial charge in [-0.3, -0.25) is 4.79 Å². The summed E-state index contributed by atoms with van der Waals surface area (Å²) in [4.78, 5) is 12.0. The van der Waals surface area contributed by atoms with Crippen molar-refractivity contribution in [3.63, 3.8) is 0 Å². The summed E-state index contributed by atoms with van der Waals surface area (Å²) in [6, 6.07) is 7.93. The fourth-order valence-electron chi connectivity index (χ4n) is 1.89. The number of rotatable bonds is 4. The van der Waals surface area contributed by atoms with Gasteiger partial charge in [-0.2, -0.15) is 0 Å². The van der Waals surface area contributed by atoms with E-state index in [2.05, 4.69) is 6.58 Å². The molecule has 0 saturated heterocycles. The van der Waals surface area contributed by atoms with Crippen molar-refractivity contribution in [2.45, 2.75) is 18.6 Å². The molecule has 0 aromatic heterocycles. The predicted molar refractivity (Wildman–Crippen MR) is 83.4 cm³/mol. The normalized spacial score (nSPS) is 19.5. The summed E-state index contributed by atoms with van der Waals surface area (Å²) < 4.78 is 6.22. The third kappa shape index (κ3) is 3.25. The lowest BCUT2D eigenvalue weighted by Crippen LogP contribution is -2.11. The Balaban J connectivity index is 2.22. The summed E-state index contributed by atoms with van der Waals surface area (Å²) in [5, 5.41) is 1.96. The van der Waals surface area contributed by atoms with Gasteiger partial charge in [-0.05, 0) is 30.0 Å². The Hall–Kier alpha value is -1.13. The Kier molecular flexibility index (Phi) is 4.77. The molecule has 0 fully saturated rings. The molecular formula is C15H16O2S2. The topological polar surface area (TPSA) is 26.3 Å². The molecule has 0 spiro atoms. The standard InChI is InChI=1S/C15H16O2S2/c1-4-18-15-10(2)13(16)9-14(19-15)11-5-7-12(17-3)8-6-11/h4-8,14H,1,9H2,2-3H3. The van der Waals surface area contributed by atoms with Crippen molar-refractivity contribution in [1.82, 2.24) is 0 Å². The van der Waals surface area contributed by atoms with Crippen molar-refractivity contribution in [3.05, 3.63) is 51.6 Å². The zero-order valence-corrected chi connectivity index (χ0v) is 12.6.